The van der Waals surface area contributed by atoms with Crippen LogP contribution in [0.15, 0.2) is 42.5 Å². The van der Waals surface area contributed by atoms with Crippen molar-refractivity contribution in [2.75, 3.05) is 13.2 Å². The second kappa shape index (κ2) is 11.4. The highest BCUT2D eigenvalue weighted by atomic mass is 16.7. The minimum absolute atomic E-state index is 0.302. The van der Waals surface area contributed by atoms with Crippen LogP contribution in [0.25, 0.3) is 21.5 Å². The number of fused-ring (bicyclic) bond motifs is 2. The number of carbonyl (C=O) groups is 2. The van der Waals surface area contributed by atoms with Crippen LogP contribution in [-0.4, -0.2) is 25.5 Å². The molecule has 3 rings (SSSR count). The van der Waals surface area contributed by atoms with Crippen LogP contribution in [-0.2, 0) is 15.9 Å². The Morgan fingerprint density at radius 3 is 1.69 bits per heavy atom. The SMILES string of the molecule is CCCCOC(=O)Oc1c2ccccc2c(OC(=O)OCCCC)c2cc(CC)ccc12. The largest absolute Gasteiger partial charge is 0.513 e. The number of hydrogen-bond donors (Lipinski definition) is 0. The topological polar surface area (TPSA) is 71.1 Å². The standard InChI is InChI=1S/C26H30O6/c1-4-7-15-29-25(27)31-23-19-11-9-10-12-20(19)24(32-26(28)30-16-8-5-2)22-17-18(6-3)13-14-21(22)23/h9-14,17H,4-8,15-16H2,1-3H3. The molecule has 6 heteroatoms. The molecule has 0 unspecified atom stereocenters. The van der Waals surface area contributed by atoms with Crippen LogP contribution >= 0.6 is 0 Å². The summed E-state index contributed by atoms with van der Waals surface area (Å²) in [6.45, 7) is 6.69. The van der Waals surface area contributed by atoms with Gasteiger partial charge in [-0.25, -0.2) is 9.59 Å². The first-order valence-electron chi connectivity index (χ1n) is 11.3. The number of benzene rings is 3. The smallest absolute Gasteiger partial charge is 0.434 e. The summed E-state index contributed by atoms with van der Waals surface area (Å²) in [7, 11) is 0. The summed E-state index contributed by atoms with van der Waals surface area (Å²) >= 11 is 0. The highest BCUT2D eigenvalue weighted by molar-refractivity contribution is 6.12. The molecule has 0 atom stereocenters. The molecule has 0 aromatic heterocycles. The molecule has 32 heavy (non-hydrogen) atoms. The fourth-order valence-corrected chi connectivity index (χ4v) is 3.41. The van der Waals surface area contributed by atoms with Crippen LogP contribution in [0.3, 0.4) is 0 Å². The van der Waals surface area contributed by atoms with Crippen molar-refractivity contribution in [3.05, 3.63) is 48.0 Å². The molecule has 6 nitrogen and oxygen atoms in total. The van der Waals surface area contributed by atoms with Crippen molar-refractivity contribution in [3.63, 3.8) is 0 Å². The van der Waals surface area contributed by atoms with Crippen molar-refractivity contribution in [1.29, 1.82) is 0 Å². The Morgan fingerprint density at radius 1 is 0.688 bits per heavy atom. The van der Waals surface area contributed by atoms with Gasteiger partial charge in [-0.05, 0) is 30.9 Å². The third kappa shape index (κ3) is 5.49. The van der Waals surface area contributed by atoms with E-state index < -0.39 is 12.3 Å². The molecule has 0 N–H and O–H groups in total. The summed E-state index contributed by atoms with van der Waals surface area (Å²) in [4.78, 5) is 24.7. The maximum absolute atomic E-state index is 12.4. The maximum Gasteiger partial charge on any atom is 0.513 e. The fraction of sp³-hybridized carbons (Fsp3) is 0.385. The zero-order valence-electron chi connectivity index (χ0n) is 18.9. The van der Waals surface area contributed by atoms with E-state index in [9.17, 15) is 9.59 Å². The molecule has 0 spiro atoms. The van der Waals surface area contributed by atoms with E-state index in [0.717, 1.165) is 37.7 Å². The number of hydrogen-bond acceptors (Lipinski definition) is 6. The van der Waals surface area contributed by atoms with Gasteiger partial charge in [-0.1, -0.05) is 70.0 Å². The van der Waals surface area contributed by atoms with Gasteiger partial charge in [-0.2, -0.15) is 0 Å². The average molecular weight is 439 g/mol. The van der Waals surface area contributed by atoms with Crippen LogP contribution in [0, 0.1) is 0 Å². The maximum atomic E-state index is 12.4. The van der Waals surface area contributed by atoms with E-state index in [-0.39, 0.29) is 0 Å². The highest BCUT2D eigenvalue weighted by Gasteiger charge is 2.21. The van der Waals surface area contributed by atoms with Gasteiger partial charge in [-0.15, -0.1) is 0 Å². The Hall–Kier alpha value is -3.28. The lowest BCUT2D eigenvalue weighted by Crippen LogP contribution is -2.13. The van der Waals surface area contributed by atoms with E-state index in [4.69, 9.17) is 18.9 Å². The van der Waals surface area contributed by atoms with Gasteiger partial charge >= 0.3 is 12.3 Å². The van der Waals surface area contributed by atoms with E-state index in [0.29, 0.717) is 46.3 Å². The average Bonchev–Trinajstić information content (AvgIpc) is 2.81. The van der Waals surface area contributed by atoms with Crippen molar-refractivity contribution >= 4 is 33.9 Å². The minimum Gasteiger partial charge on any atom is -0.434 e. The summed E-state index contributed by atoms with van der Waals surface area (Å²) in [6.07, 6.45) is 2.67. The molecule has 0 amide bonds. The zero-order chi connectivity index (χ0) is 22.9. The van der Waals surface area contributed by atoms with E-state index in [2.05, 4.69) is 0 Å². The molecular weight excluding hydrogens is 408 g/mol. The van der Waals surface area contributed by atoms with Crippen molar-refractivity contribution in [1.82, 2.24) is 0 Å². The van der Waals surface area contributed by atoms with Crippen molar-refractivity contribution in [2.45, 2.75) is 52.9 Å². The van der Waals surface area contributed by atoms with Crippen LogP contribution in [0.2, 0.25) is 0 Å². The Balaban J connectivity index is 2.09. The van der Waals surface area contributed by atoms with Crippen molar-refractivity contribution < 1.29 is 28.5 Å². The summed E-state index contributed by atoms with van der Waals surface area (Å²) in [5.41, 5.74) is 1.06. The van der Waals surface area contributed by atoms with Gasteiger partial charge in [-0.3, -0.25) is 0 Å². The Kier molecular flexibility index (Phi) is 8.31. The lowest BCUT2D eigenvalue weighted by Gasteiger charge is -2.17. The van der Waals surface area contributed by atoms with Crippen LogP contribution in [0.5, 0.6) is 11.5 Å². The molecule has 3 aromatic rings. The molecule has 0 aliphatic carbocycles. The second-order valence-electron chi connectivity index (χ2n) is 7.55. The second-order valence-corrected chi connectivity index (χ2v) is 7.55. The first-order valence-corrected chi connectivity index (χ1v) is 11.3. The van der Waals surface area contributed by atoms with E-state index in [1.165, 1.54) is 0 Å². The predicted octanol–water partition coefficient (Wildman–Crippen LogP) is 7.19. The summed E-state index contributed by atoms with van der Waals surface area (Å²) in [5.74, 6) is 0.769. The molecule has 0 radical (unpaired) electrons. The zero-order valence-corrected chi connectivity index (χ0v) is 18.9. The molecular formula is C26H30O6. The third-order valence-corrected chi connectivity index (χ3v) is 5.20. The van der Waals surface area contributed by atoms with Gasteiger partial charge in [0.05, 0.1) is 13.2 Å². The van der Waals surface area contributed by atoms with E-state index >= 15 is 0 Å². The normalized spacial score (nSPS) is 10.8. The first kappa shape index (κ1) is 23.4. The lowest BCUT2D eigenvalue weighted by atomic mass is 9.98. The highest BCUT2D eigenvalue weighted by Crippen LogP contribution is 2.43. The van der Waals surface area contributed by atoms with Gasteiger partial charge in [0.1, 0.15) is 11.5 Å². The Bertz CT molecular complexity index is 1090. The van der Waals surface area contributed by atoms with E-state index in [1.807, 2.05) is 63.2 Å². The molecule has 170 valence electrons. The van der Waals surface area contributed by atoms with Gasteiger partial charge in [0, 0.05) is 21.5 Å². The van der Waals surface area contributed by atoms with Crippen LogP contribution in [0.1, 0.15) is 52.0 Å². The van der Waals surface area contributed by atoms with Crippen LogP contribution in [0.4, 0.5) is 9.59 Å². The molecule has 0 bridgehead atoms. The number of ether oxygens (including phenoxy) is 4. The predicted molar refractivity (Wildman–Crippen MR) is 125 cm³/mol. The number of aryl methyl sites for hydroxylation is 1. The Labute approximate surface area is 188 Å². The van der Waals surface area contributed by atoms with Gasteiger partial charge in [0.2, 0.25) is 0 Å². The molecule has 0 heterocycles. The van der Waals surface area contributed by atoms with Gasteiger partial charge in [0.25, 0.3) is 0 Å². The van der Waals surface area contributed by atoms with Gasteiger partial charge < -0.3 is 18.9 Å². The molecule has 0 aliphatic rings. The quantitative estimate of drug-likeness (QED) is 0.152. The van der Waals surface area contributed by atoms with Crippen molar-refractivity contribution in [3.8, 4) is 11.5 Å². The van der Waals surface area contributed by atoms with Crippen molar-refractivity contribution in [2.24, 2.45) is 0 Å². The minimum atomic E-state index is -0.753. The summed E-state index contributed by atoms with van der Waals surface area (Å²) in [6, 6.07) is 13.1. The Morgan fingerprint density at radius 2 is 1.19 bits per heavy atom. The number of carbonyl (C=O) groups excluding carboxylic acids is 2. The third-order valence-electron chi connectivity index (χ3n) is 5.20. The summed E-state index contributed by atoms with van der Waals surface area (Å²) < 4.78 is 21.8. The molecule has 3 aromatic carbocycles. The molecule has 0 fully saturated rings. The van der Waals surface area contributed by atoms with Gasteiger partial charge in [0.15, 0.2) is 0 Å². The van der Waals surface area contributed by atoms with Crippen LogP contribution < -0.4 is 9.47 Å². The lowest BCUT2D eigenvalue weighted by molar-refractivity contribution is 0.0970. The summed E-state index contributed by atoms with van der Waals surface area (Å²) in [5, 5.41) is 2.63. The first-order chi connectivity index (χ1) is 15.6. The number of rotatable bonds is 9. The fourth-order valence-electron chi connectivity index (χ4n) is 3.41. The monoisotopic (exact) mass is 438 g/mol. The number of unbranched alkanes of at least 4 members (excludes halogenated alkanes) is 2. The molecule has 0 saturated heterocycles. The molecule has 0 saturated carbocycles. The molecule has 0 aliphatic heterocycles. The van der Waals surface area contributed by atoms with E-state index in [1.54, 1.807) is 0 Å².